The number of β-amino-alcohol motifs (C(OH)–C–C–N with tert-alkyl or cyclic N) is 1. The van der Waals surface area contributed by atoms with E-state index in [1.807, 2.05) is 24.3 Å². The second-order valence-electron chi connectivity index (χ2n) is 6.00. The van der Waals surface area contributed by atoms with Crippen molar-refractivity contribution in [3.05, 3.63) is 29.8 Å². The molecule has 2 rings (SSSR count). The van der Waals surface area contributed by atoms with Gasteiger partial charge in [-0.05, 0) is 31.5 Å². The number of aliphatic hydroxyl groups excluding tert-OH is 1. The summed E-state index contributed by atoms with van der Waals surface area (Å²) >= 11 is 0. The zero-order chi connectivity index (χ0) is 15.9. The van der Waals surface area contributed by atoms with E-state index >= 15 is 0 Å². The Labute approximate surface area is 132 Å². The van der Waals surface area contributed by atoms with Crippen LogP contribution in [0.5, 0.6) is 5.75 Å². The van der Waals surface area contributed by atoms with E-state index in [1.165, 1.54) is 0 Å². The van der Waals surface area contributed by atoms with Crippen molar-refractivity contribution in [2.24, 2.45) is 0 Å². The van der Waals surface area contributed by atoms with Crippen LogP contribution in [0.2, 0.25) is 0 Å². The van der Waals surface area contributed by atoms with Crippen LogP contribution >= 0.6 is 0 Å². The van der Waals surface area contributed by atoms with Gasteiger partial charge in [0.05, 0.1) is 38.6 Å². The third-order valence-electron chi connectivity index (χ3n) is 3.68. The van der Waals surface area contributed by atoms with E-state index in [0.717, 1.165) is 24.4 Å². The molecule has 3 atom stereocenters. The second-order valence-corrected chi connectivity index (χ2v) is 6.00. The molecule has 1 aromatic rings. The van der Waals surface area contributed by atoms with Gasteiger partial charge in [0.15, 0.2) is 0 Å². The first kappa shape index (κ1) is 17.2. The minimum absolute atomic E-state index is 0.216. The molecule has 5 heteroatoms. The monoisotopic (exact) mass is 309 g/mol. The van der Waals surface area contributed by atoms with Gasteiger partial charge in [0, 0.05) is 19.6 Å². The molecule has 0 amide bonds. The summed E-state index contributed by atoms with van der Waals surface area (Å²) in [7, 11) is 1.65. The fourth-order valence-electron chi connectivity index (χ4n) is 2.86. The summed E-state index contributed by atoms with van der Waals surface area (Å²) in [6.07, 6.45) is -0.0505. The average Bonchev–Trinajstić information content (AvgIpc) is 2.46. The molecule has 0 aromatic heterocycles. The van der Waals surface area contributed by atoms with Crippen LogP contribution in [0.25, 0.3) is 0 Å². The SMILES string of the molecule is COc1cccc(COC[C@H](O)CN2C[C@@H](C)O[C@@H](C)C2)c1. The highest BCUT2D eigenvalue weighted by molar-refractivity contribution is 5.27. The lowest BCUT2D eigenvalue weighted by Crippen LogP contribution is -2.48. The zero-order valence-electron chi connectivity index (χ0n) is 13.7. The first-order chi connectivity index (χ1) is 10.6. The quantitative estimate of drug-likeness (QED) is 0.830. The van der Waals surface area contributed by atoms with Crippen molar-refractivity contribution < 1.29 is 19.3 Å². The number of morpholine rings is 1. The van der Waals surface area contributed by atoms with Crippen LogP contribution in [0.1, 0.15) is 19.4 Å². The average molecular weight is 309 g/mol. The van der Waals surface area contributed by atoms with Crippen molar-refractivity contribution in [2.45, 2.75) is 38.8 Å². The van der Waals surface area contributed by atoms with Gasteiger partial charge in [-0.2, -0.15) is 0 Å². The maximum atomic E-state index is 10.1. The minimum atomic E-state index is -0.483. The summed E-state index contributed by atoms with van der Waals surface area (Å²) in [6, 6.07) is 7.77. The summed E-state index contributed by atoms with van der Waals surface area (Å²) in [5, 5.41) is 10.1. The van der Waals surface area contributed by atoms with E-state index in [4.69, 9.17) is 14.2 Å². The molecular weight excluding hydrogens is 282 g/mol. The highest BCUT2D eigenvalue weighted by atomic mass is 16.5. The number of hydrogen-bond donors (Lipinski definition) is 1. The van der Waals surface area contributed by atoms with E-state index in [9.17, 15) is 5.11 Å². The van der Waals surface area contributed by atoms with Gasteiger partial charge >= 0.3 is 0 Å². The van der Waals surface area contributed by atoms with Crippen LogP contribution in [0.15, 0.2) is 24.3 Å². The molecule has 1 saturated heterocycles. The predicted octanol–water partition coefficient (Wildman–Crippen LogP) is 1.68. The summed E-state index contributed by atoms with van der Waals surface area (Å²) in [5.74, 6) is 0.818. The van der Waals surface area contributed by atoms with Gasteiger partial charge in [-0.3, -0.25) is 4.90 Å². The molecule has 1 aliphatic heterocycles. The van der Waals surface area contributed by atoms with Crippen LogP contribution in [0, 0.1) is 0 Å². The smallest absolute Gasteiger partial charge is 0.119 e. The first-order valence-electron chi connectivity index (χ1n) is 7.83. The Morgan fingerprint density at radius 3 is 2.73 bits per heavy atom. The second kappa shape index (κ2) is 8.48. The number of aliphatic hydroxyl groups is 1. The molecule has 1 aromatic carbocycles. The van der Waals surface area contributed by atoms with Crippen molar-refractivity contribution in [2.75, 3.05) is 33.4 Å². The molecule has 5 nitrogen and oxygen atoms in total. The van der Waals surface area contributed by atoms with Gasteiger partial charge in [0.1, 0.15) is 5.75 Å². The van der Waals surface area contributed by atoms with Crippen molar-refractivity contribution in [1.82, 2.24) is 4.90 Å². The first-order valence-corrected chi connectivity index (χ1v) is 7.83. The van der Waals surface area contributed by atoms with Gasteiger partial charge in [0.2, 0.25) is 0 Å². The molecule has 0 unspecified atom stereocenters. The highest BCUT2D eigenvalue weighted by Crippen LogP contribution is 2.14. The predicted molar refractivity (Wildman–Crippen MR) is 85.1 cm³/mol. The number of methoxy groups -OCH3 is 1. The molecule has 0 bridgehead atoms. The summed E-state index contributed by atoms with van der Waals surface area (Å²) in [5.41, 5.74) is 1.04. The van der Waals surface area contributed by atoms with Crippen LogP contribution in [-0.2, 0) is 16.1 Å². The maximum absolute atomic E-state index is 10.1. The van der Waals surface area contributed by atoms with Crippen molar-refractivity contribution in [3.8, 4) is 5.75 Å². The topological polar surface area (TPSA) is 51.2 Å². The fourth-order valence-corrected chi connectivity index (χ4v) is 2.86. The largest absolute Gasteiger partial charge is 0.497 e. The van der Waals surface area contributed by atoms with Gasteiger partial charge in [-0.1, -0.05) is 12.1 Å². The van der Waals surface area contributed by atoms with E-state index < -0.39 is 6.10 Å². The lowest BCUT2D eigenvalue weighted by Gasteiger charge is -2.36. The Balaban J connectivity index is 1.70. The third kappa shape index (κ3) is 5.57. The molecular formula is C17H27NO4. The Hall–Kier alpha value is -1.14. The molecule has 0 aliphatic carbocycles. The third-order valence-corrected chi connectivity index (χ3v) is 3.68. The standard InChI is InChI=1S/C17H27NO4/c1-13-8-18(9-14(2)22-13)10-16(19)12-21-11-15-5-4-6-17(7-15)20-3/h4-7,13-14,16,19H,8-12H2,1-3H3/t13-,14+,16-/m1/s1. The van der Waals surface area contributed by atoms with Crippen molar-refractivity contribution in [3.63, 3.8) is 0 Å². The molecule has 1 heterocycles. The Morgan fingerprint density at radius 2 is 2.05 bits per heavy atom. The lowest BCUT2D eigenvalue weighted by molar-refractivity contribution is -0.0826. The Bertz CT molecular complexity index is 444. The maximum Gasteiger partial charge on any atom is 0.119 e. The molecule has 124 valence electrons. The summed E-state index contributed by atoms with van der Waals surface area (Å²) in [6.45, 7) is 7.27. The van der Waals surface area contributed by atoms with Crippen LogP contribution in [0.3, 0.4) is 0 Å². The molecule has 1 N–H and O–H groups in total. The van der Waals surface area contributed by atoms with E-state index in [-0.39, 0.29) is 12.2 Å². The molecule has 0 radical (unpaired) electrons. The Morgan fingerprint density at radius 1 is 1.32 bits per heavy atom. The van der Waals surface area contributed by atoms with Crippen LogP contribution < -0.4 is 4.74 Å². The summed E-state index contributed by atoms with van der Waals surface area (Å²) in [4.78, 5) is 2.23. The number of benzene rings is 1. The molecule has 0 saturated carbocycles. The van der Waals surface area contributed by atoms with Crippen molar-refractivity contribution >= 4 is 0 Å². The zero-order valence-corrected chi connectivity index (χ0v) is 13.7. The van der Waals surface area contributed by atoms with E-state index in [1.54, 1.807) is 7.11 Å². The highest BCUT2D eigenvalue weighted by Gasteiger charge is 2.23. The van der Waals surface area contributed by atoms with Crippen molar-refractivity contribution in [1.29, 1.82) is 0 Å². The van der Waals surface area contributed by atoms with Gasteiger partial charge in [0.25, 0.3) is 0 Å². The van der Waals surface area contributed by atoms with Gasteiger partial charge in [-0.15, -0.1) is 0 Å². The van der Waals surface area contributed by atoms with E-state index in [0.29, 0.717) is 19.8 Å². The van der Waals surface area contributed by atoms with E-state index in [2.05, 4.69) is 18.7 Å². The number of rotatable bonds is 7. The minimum Gasteiger partial charge on any atom is -0.497 e. The summed E-state index contributed by atoms with van der Waals surface area (Å²) < 4.78 is 16.5. The molecule has 1 fully saturated rings. The molecule has 1 aliphatic rings. The normalized spacial score (nSPS) is 24.2. The van der Waals surface area contributed by atoms with Gasteiger partial charge in [-0.25, -0.2) is 0 Å². The molecule has 22 heavy (non-hydrogen) atoms. The Kier molecular flexibility index (Phi) is 6.64. The molecule has 0 spiro atoms. The number of hydrogen-bond acceptors (Lipinski definition) is 5. The van der Waals surface area contributed by atoms with Crippen LogP contribution in [-0.4, -0.2) is 61.7 Å². The van der Waals surface area contributed by atoms with Crippen LogP contribution in [0.4, 0.5) is 0 Å². The number of ether oxygens (including phenoxy) is 3. The van der Waals surface area contributed by atoms with Gasteiger partial charge < -0.3 is 19.3 Å². The number of nitrogens with zero attached hydrogens (tertiary/aromatic N) is 1. The fraction of sp³-hybridized carbons (Fsp3) is 0.647. The lowest BCUT2D eigenvalue weighted by atomic mass is 10.2.